The molecule has 0 aliphatic carbocycles. The molecule has 2 N–H and O–H groups in total. The van der Waals surface area contributed by atoms with Gasteiger partial charge in [0.15, 0.2) is 0 Å². The molecule has 0 saturated carbocycles. The molecule has 1 unspecified atom stereocenters. The molecule has 1 aromatic carbocycles. The summed E-state index contributed by atoms with van der Waals surface area (Å²) in [6.07, 6.45) is 1.08. The molecule has 0 radical (unpaired) electrons. The number of benzene rings is 1. The molecule has 2 nitrogen and oxygen atoms in total. The Bertz CT molecular complexity index is 504. The summed E-state index contributed by atoms with van der Waals surface area (Å²) in [7, 11) is 0. The fourth-order valence-electron chi connectivity index (χ4n) is 2.02. The van der Waals surface area contributed by atoms with Crippen molar-refractivity contribution in [3.8, 4) is 0 Å². The maximum atomic E-state index is 9.00. The Balaban J connectivity index is 1.80. The van der Waals surface area contributed by atoms with Gasteiger partial charge >= 0.3 is 0 Å². The van der Waals surface area contributed by atoms with E-state index in [-0.39, 0.29) is 6.61 Å². The van der Waals surface area contributed by atoms with Crippen LogP contribution in [0.15, 0.2) is 36.4 Å². The second kappa shape index (κ2) is 6.85. The molecule has 0 fully saturated rings. The lowest BCUT2D eigenvalue weighted by molar-refractivity contribution is 0.282. The minimum Gasteiger partial charge on any atom is -0.392 e. The van der Waals surface area contributed by atoms with Crippen LogP contribution in [0.3, 0.4) is 0 Å². The molecule has 0 aliphatic heterocycles. The summed E-state index contributed by atoms with van der Waals surface area (Å²) in [6.45, 7) is 5.35. The van der Waals surface area contributed by atoms with Gasteiger partial charge in [0.1, 0.15) is 0 Å². The van der Waals surface area contributed by atoms with Gasteiger partial charge in [-0.15, -0.1) is 11.3 Å². The van der Waals surface area contributed by atoms with E-state index in [1.54, 1.807) is 0 Å². The predicted molar refractivity (Wildman–Crippen MR) is 81.4 cm³/mol. The molecule has 3 heteroatoms. The molecule has 0 spiro atoms. The Hall–Kier alpha value is -1.16. The standard InChI is InChI=1S/C16H21NOS/c1-12(9-16-8-3-13(2)19-16)17-10-14-4-6-15(11-18)7-5-14/h3-8,12,17-18H,9-11H2,1-2H3. The summed E-state index contributed by atoms with van der Waals surface area (Å²) in [5, 5.41) is 12.5. The Kier molecular flexibility index (Phi) is 5.14. The highest BCUT2D eigenvalue weighted by Crippen LogP contribution is 2.16. The third-order valence-corrected chi connectivity index (χ3v) is 4.19. The highest BCUT2D eigenvalue weighted by Gasteiger charge is 2.05. The van der Waals surface area contributed by atoms with E-state index in [2.05, 4.69) is 43.4 Å². The largest absolute Gasteiger partial charge is 0.392 e. The van der Waals surface area contributed by atoms with E-state index in [1.165, 1.54) is 15.3 Å². The lowest BCUT2D eigenvalue weighted by Crippen LogP contribution is -2.27. The van der Waals surface area contributed by atoms with E-state index in [1.807, 2.05) is 23.5 Å². The lowest BCUT2D eigenvalue weighted by Gasteiger charge is -2.13. The molecule has 1 atom stereocenters. The van der Waals surface area contributed by atoms with Gasteiger partial charge in [-0.25, -0.2) is 0 Å². The minimum absolute atomic E-state index is 0.113. The van der Waals surface area contributed by atoms with Gasteiger partial charge in [0.05, 0.1) is 6.61 Å². The highest BCUT2D eigenvalue weighted by molar-refractivity contribution is 7.11. The van der Waals surface area contributed by atoms with Crippen molar-refractivity contribution in [1.82, 2.24) is 5.32 Å². The number of nitrogens with one attached hydrogen (secondary N) is 1. The van der Waals surface area contributed by atoms with Crippen molar-refractivity contribution >= 4 is 11.3 Å². The highest BCUT2D eigenvalue weighted by atomic mass is 32.1. The van der Waals surface area contributed by atoms with Crippen LogP contribution in [0.25, 0.3) is 0 Å². The zero-order valence-corrected chi connectivity index (χ0v) is 12.3. The number of hydrogen-bond donors (Lipinski definition) is 2. The molecule has 0 amide bonds. The van der Waals surface area contributed by atoms with Crippen LogP contribution in [0.5, 0.6) is 0 Å². The van der Waals surface area contributed by atoms with Crippen LogP contribution in [-0.4, -0.2) is 11.1 Å². The molecule has 2 aromatic rings. The van der Waals surface area contributed by atoms with E-state index in [9.17, 15) is 0 Å². The SMILES string of the molecule is Cc1ccc(CC(C)NCc2ccc(CO)cc2)s1. The quantitative estimate of drug-likeness (QED) is 0.848. The van der Waals surface area contributed by atoms with Crippen molar-refractivity contribution < 1.29 is 5.11 Å². The fraction of sp³-hybridized carbons (Fsp3) is 0.375. The third kappa shape index (κ3) is 4.46. The zero-order valence-electron chi connectivity index (χ0n) is 11.5. The van der Waals surface area contributed by atoms with E-state index < -0.39 is 0 Å². The van der Waals surface area contributed by atoms with Crippen molar-refractivity contribution in [1.29, 1.82) is 0 Å². The fourth-order valence-corrected chi connectivity index (χ4v) is 3.04. The van der Waals surface area contributed by atoms with E-state index in [0.717, 1.165) is 18.5 Å². The Morgan fingerprint density at radius 3 is 2.37 bits per heavy atom. The van der Waals surface area contributed by atoms with Gasteiger partial charge < -0.3 is 10.4 Å². The first-order valence-corrected chi connectivity index (χ1v) is 7.46. The van der Waals surface area contributed by atoms with Crippen LogP contribution in [-0.2, 0) is 19.6 Å². The minimum atomic E-state index is 0.113. The molecule has 19 heavy (non-hydrogen) atoms. The number of aryl methyl sites for hydroxylation is 1. The van der Waals surface area contributed by atoms with Crippen LogP contribution < -0.4 is 5.32 Å². The summed E-state index contributed by atoms with van der Waals surface area (Å²) in [5.41, 5.74) is 2.22. The van der Waals surface area contributed by atoms with Crippen molar-refractivity contribution in [2.75, 3.05) is 0 Å². The molecule has 2 rings (SSSR count). The normalized spacial score (nSPS) is 12.6. The smallest absolute Gasteiger partial charge is 0.0681 e. The van der Waals surface area contributed by atoms with Gasteiger partial charge in [-0.05, 0) is 43.5 Å². The summed E-state index contributed by atoms with van der Waals surface area (Å²) in [4.78, 5) is 2.81. The molecular formula is C16H21NOS. The number of hydrogen-bond acceptors (Lipinski definition) is 3. The van der Waals surface area contributed by atoms with Crippen LogP contribution in [0.2, 0.25) is 0 Å². The van der Waals surface area contributed by atoms with Crippen molar-refractivity contribution in [3.63, 3.8) is 0 Å². The molecule has 102 valence electrons. The zero-order chi connectivity index (χ0) is 13.7. The summed E-state index contributed by atoms with van der Waals surface area (Å²) in [6, 6.07) is 13.0. The van der Waals surface area contributed by atoms with Crippen molar-refractivity contribution in [2.45, 2.75) is 39.5 Å². The van der Waals surface area contributed by atoms with Gasteiger partial charge in [0.2, 0.25) is 0 Å². The maximum Gasteiger partial charge on any atom is 0.0681 e. The second-order valence-corrected chi connectivity index (χ2v) is 6.35. The summed E-state index contributed by atoms with van der Waals surface area (Å²) in [5.74, 6) is 0. The van der Waals surface area contributed by atoms with Gasteiger partial charge in [-0.3, -0.25) is 0 Å². The Morgan fingerprint density at radius 2 is 1.79 bits per heavy atom. The van der Waals surface area contributed by atoms with Crippen LogP contribution in [0, 0.1) is 6.92 Å². The van der Waals surface area contributed by atoms with Gasteiger partial charge in [0, 0.05) is 22.3 Å². The maximum absolute atomic E-state index is 9.00. The van der Waals surface area contributed by atoms with E-state index in [0.29, 0.717) is 6.04 Å². The molecule has 0 bridgehead atoms. The van der Waals surface area contributed by atoms with E-state index in [4.69, 9.17) is 5.11 Å². The summed E-state index contributed by atoms with van der Waals surface area (Å²) >= 11 is 1.87. The Labute approximate surface area is 119 Å². The monoisotopic (exact) mass is 275 g/mol. The van der Waals surface area contributed by atoms with Crippen molar-refractivity contribution in [3.05, 3.63) is 57.3 Å². The molecule has 0 aliphatic rings. The topological polar surface area (TPSA) is 32.3 Å². The van der Waals surface area contributed by atoms with Crippen LogP contribution >= 0.6 is 11.3 Å². The summed E-state index contributed by atoms with van der Waals surface area (Å²) < 4.78 is 0. The number of rotatable bonds is 6. The average molecular weight is 275 g/mol. The van der Waals surface area contributed by atoms with Crippen LogP contribution in [0.1, 0.15) is 27.8 Å². The first-order valence-electron chi connectivity index (χ1n) is 6.65. The van der Waals surface area contributed by atoms with Gasteiger partial charge in [-0.1, -0.05) is 24.3 Å². The van der Waals surface area contributed by atoms with Gasteiger partial charge in [0.25, 0.3) is 0 Å². The van der Waals surface area contributed by atoms with Crippen molar-refractivity contribution in [2.24, 2.45) is 0 Å². The van der Waals surface area contributed by atoms with Gasteiger partial charge in [-0.2, -0.15) is 0 Å². The first kappa shape index (κ1) is 14.3. The first-order chi connectivity index (χ1) is 9.17. The predicted octanol–water partition coefficient (Wildman–Crippen LogP) is 3.27. The molecule has 1 aromatic heterocycles. The number of aliphatic hydroxyl groups is 1. The molecular weight excluding hydrogens is 254 g/mol. The molecule has 0 saturated heterocycles. The van der Waals surface area contributed by atoms with E-state index >= 15 is 0 Å². The second-order valence-electron chi connectivity index (χ2n) is 4.97. The Morgan fingerprint density at radius 1 is 1.11 bits per heavy atom. The third-order valence-electron chi connectivity index (χ3n) is 3.16. The van der Waals surface area contributed by atoms with Crippen LogP contribution in [0.4, 0.5) is 0 Å². The molecule has 1 heterocycles. The average Bonchev–Trinajstić information content (AvgIpc) is 2.82. The lowest BCUT2D eigenvalue weighted by atomic mass is 10.1. The number of aliphatic hydroxyl groups excluding tert-OH is 1. The number of thiophene rings is 1.